The van der Waals surface area contributed by atoms with Crippen LogP contribution in [0.3, 0.4) is 0 Å². The zero-order valence-electron chi connectivity index (χ0n) is 9.08. The fourth-order valence-corrected chi connectivity index (χ4v) is 1.98. The van der Waals surface area contributed by atoms with E-state index in [0.717, 1.165) is 0 Å². The Hall–Kier alpha value is 0.671. The number of rotatable bonds is 2. The summed E-state index contributed by atoms with van der Waals surface area (Å²) in [5.74, 6) is -1.30. The maximum Gasteiger partial charge on any atom is 1.00 e. The summed E-state index contributed by atoms with van der Waals surface area (Å²) in [5, 5.41) is 0. The maximum atomic E-state index is 12.7. The van der Waals surface area contributed by atoms with E-state index in [2.05, 4.69) is 0 Å². The SMILES string of the molecule is F[B-](F)(F)C1CCOC1c1ccccc1.[K+]. The molecule has 0 spiro atoms. The number of hydrogen-bond donors (Lipinski definition) is 0. The molecule has 2 atom stereocenters. The van der Waals surface area contributed by atoms with Crippen molar-refractivity contribution in [2.75, 3.05) is 6.61 Å². The van der Waals surface area contributed by atoms with Crippen molar-refractivity contribution in [3.63, 3.8) is 0 Å². The van der Waals surface area contributed by atoms with Gasteiger partial charge >= 0.3 is 58.4 Å². The smallest absolute Gasteiger partial charge is 0.449 e. The molecule has 6 heteroatoms. The summed E-state index contributed by atoms with van der Waals surface area (Å²) in [4.78, 5) is 0. The van der Waals surface area contributed by atoms with Crippen LogP contribution in [0.25, 0.3) is 0 Å². The quantitative estimate of drug-likeness (QED) is 0.693. The maximum absolute atomic E-state index is 12.7. The summed E-state index contributed by atoms with van der Waals surface area (Å²) in [6.07, 6.45) is -0.713. The van der Waals surface area contributed by atoms with Crippen LogP contribution in [0.4, 0.5) is 12.9 Å². The Morgan fingerprint density at radius 2 is 1.75 bits per heavy atom. The minimum Gasteiger partial charge on any atom is -0.449 e. The van der Waals surface area contributed by atoms with Crippen LogP contribution in [-0.4, -0.2) is 13.6 Å². The standard InChI is InChI=1S/C10H11BF3O.K/c12-11(13,14)9-6-7-15-10(9)8-4-2-1-3-5-8;/h1-5,9-10H,6-7H2;/q-1;+1. The first kappa shape index (κ1) is 14.7. The molecule has 0 amide bonds. The van der Waals surface area contributed by atoms with Gasteiger partial charge in [0.25, 0.3) is 0 Å². The van der Waals surface area contributed by atoms with Crippen LogP contribution >= 0.6 is 0 Å². The first-order valence-electron chi connectivity index (χ1n) is 4.95. The Kier molecular flexibility index (Phi) is 5.54. The fourth-order valence-electron chi connectivity index (χ4n) is 1.98. The monoisotopic (exact) mass is 254 g/mol. The van der Waals surface area contributed by atoms with Crippen molar-refractivity contribution in [1.82, 2.24) is 0 Å². The van der Waals surface area contributed by atoms with Crippen LogP contribution in [-0.2, 0) is 4.74 Å². The van der Waals surface area contributed by atoms with Gasteiger partial charge in [0.2, 0.25) is 0 Å². The van der Waals surface area contributed by atoms with Gasteiger partial charge in [0.1, 0.15) is 0 Å². The zero-order chi connectivity index (χ0) is 10.9. The fraction of sp³-hybridized carbons (Fsp3) is 0.400. The normalized spacial score (nSPS) is 25.2. The van der Waals surface area contributed by atoms with Gasteiger partial charge < -0.3 is 17.7 Å². The number of benzene rings is 1. The van der Waals surface area contributed by atoms with Gasteiger partial charge in [-0.05, 0) is 17.8 Å². The van der Waals surface area contributed by atoms with Crippen molar-refractivity contribution < 1.29 is 69.1 Å². The number of hydrogen-bond acceptors (Lipinski definition) is 1. The van der Waals surface area contributed by atoms with E-state index in [1.54, 1.807) is 30.3 Å². The summed E-state index contributed by atoms with van der Waals surface area (Å²) >= 11 is 0. The third-order valence-corrected chi connectivity index (χ3v) is 2.75. The Bertz CT molecular complexity index is 331. The Labute approximate surface area is 135 Å². The summed E-state index contributed by atoms with van der Waals surface area (Å²) in [7, 11) is 0. The van der Waals surface area contributed by atoms with Crippen molar-refractivity contribution in [2.45, 2.75) is 18.3 Å². The molecular formula is C10H11BF3KO. The number of ether oxygens (including phenoxy) is 1. The van der Waals surface area contributed by atoms with E-state index < -0.39 is 18.9 Å². The molecule has 16 heavy (non-hydrogen) atoms. The van der Waals surface area contributed by atoms with E-state index in [-0.39, 0.29) is 64.4 Å². The average molecular weight is 254 g/mol. The van der Waals surface area contributed by atoms with Crippen LogP contribution in [0.15, 0.2) is 30.3 Å². The molecule has 2 unspecified atom stereocenters. The molecule has 0 bridgehead atoms. The zero-order valence-corrected chi connectivity index (χ0v) is 12.2. The van der Waals surface area contributed by atoms with Crippen molar-refractivity contribution in [3.05, 3.63) is 35.9 Å². The molecule has 1 saturated heterocycles. The van der Waals surface area contributed by atoms with Gasteiger partial charge in [-0.25, -0.2) is 0 Å². The van der Waals surface area contributed by atoms with Gasteiger partial charge in [-0.2, -0.15) is 0 Å². The predicted molar refractivity (Wildman–Crippen MR) is 52.6 cm³/mol. The van der Waals surface area contributed by atoms with Gasteiger partial charge in [0, 0.05) is 6.61 Å². The van der Waals surface area contributed by atoms with Gasteiger partial charge in [-0.3, -0.25) is 0 Å². The summed E-state index contributed by atoms with van der Waals surface area (Å²) in [6, 6.07) is 8.62. The largest absolute Gasteiger partial charge is 1.00 e. The average Bonchev–Trinajstić information content (AvgIpc) is 2.67. The molecule has 1 aromatic rings. The molecule has 1 aliphatic rings. The molecule has 0 N–H and O–H groups in total. The molecule has 0 saturated carbocycles. The van der Waals surface area contributed by atoms with E-state index in [0.29, 0.717) is 5.56 Å². The second kappa shape index (κ2) is 6.02. The summed E-state index contributed by atoms with van der Waals surface area (Å²) < 4.78 is 43.2. The van der Waals surface area contributed by atoms with E-state index in [4.69, 9.17) is 4.74 Å². The molecule has 0 aliphatic carbocycles. The number of halogens is 3. The topological polar surface area (TPSA) is 9.23 Å². The molecule has 1 aromatic carbocycles. The molecule has 0 aromatic heterocycles. The Morgan fingerprint density at radius 1 is 1.12 bits per heavy atom. The van der Waals surface area contributed by atoms with Gasteiger partial charge in [0.15, 0.2) is 0 Å². The van der Waals surface area contributed by atoms with E-state index in [1.807, 2.05) is 0 Å². The van der Waals surface area contributed by atoms with Gasteiger partial charge in [0.05, 0.1) is 6.10 Å². The summed E-state index contributed by atoms with van der Waals surface area (Å²) in [6.45, 7) is -4.61. The van der Waals surface area contributed by atoms with Gasteiger partial charge in [-0.1, -0.05) is 30.3 Å². The van der Waals surface area contributed by atoms with Crippen LogP contribution in [0.1, 0.15) is 18.1 Å². The molecule has 1 nitrogen and oxygen atoms in total. The van der Waals surface area contributed by atoms with E-state index in [1.165, 1.54) is 0 Å². The first-order chi connectivity index (χ1) is 7.09. The third-order valence-electron chi connectivity index (χ3n) is 2.75. The minimum absolute atomic E-state index is 0. The molecule has 1 heterocycles. The second-order valence-corrected chi connectivity index (χ2v) is 3.78. The summed E-state index contributed by atoms with van der Waals surface area (Å²) in [5.41, 5.74) is 0.624. The van der Waals surface area contributed by atoms with Crippen LogP contribution in [0, 0.1) is 0 Å². The van der Waals surface area contributed by atoms with Crippen molar-refractivity contribution in [1.29, 1.82) is 0 Å². The van der Waals surface area contributed by atoms with Crippen molar-refractivity contribution >= 4 is 6.98 Å². The first-order valence-corrected chi connectivity index (χ1v) is 4.95. The molecule has 82 valence electrons. The van der Waals surface area contributed by atoms with Crippen LogP contribution in [0.5, 0.6) is 0 Å². The molecule has 1 aliphatic heterocycles. The van der Waals surface area contributed by atoms with Crippen LogP contribution in [0.2, 0.25) is 5.82 Å². The van der Waals surface area contributed by atoms with E-state index in [9.17, 15) is 12.9 Å². The predicted octanol–water partition coefficient (Wildman–Crippen LogP) is 0.370. The Balaban J connectivity index is 0.00000128. The van der Waals surface area contributed by atoms with E-state index >= 15 is 0 Å². The van der Waals surface area contributed by atoms with Crippen molar-refractivity contribution in [2.24, 2.45) is 0 Å². The van der Waals surface area contributed by atoms with Crippen molar-refractivity contribution in [3.8, 4) is 0 Å². The van der Waals surface area contributed by atoms with Crippen LogP contribution < -0.4 is 51.4 Å². The third kappa shape index (κ3) is 3.34. The molecule has 2 rings (SSSR count). The Morgan fingerprint density at radius 3 is 2.31 bits per heavy atom. The molecule has 0 radical (unpaired) electrons. The second-order valence-electron chi connectivity index (χ2n) is 3.78. The molecule has 1 fully saturated rings. The minimum atomic E-state index is -4.81. The molecular weight excluding hydrogens is 243 g/mol. The van der Waals surface area contributed by atoms with Gasteiger partial charge in [-0.15, -0.1) is 0 Å².